The van der Waals surface area contributed by atoms with Crippen molar-refractivity contribution < 1.29 is 19.4 Å². The van der Waals surface area contributed by atoms with Crippen LogP contribution in [-0.4, -0.2) is 16.2 Å². The molecular formula is C9H6ClFN2O3. The van der Waals surface area contributed by atoms with E-state index in [9.17, 15) is 9.18 Å². The van der Waals surface area contributed by atoms with E-state index in [2.05, 4.69) is 10.2 Å². The van der Waals surface area contributed by atoms with E-state index in [0.717, 1.165) is 12.1 Å². The molecule has 0 unspecified atom stereocenters. The molecule has 0 fully saturated rings. The Bertz CT molecular complexity index is 474. The molecule has 0 spiro atoms. The molecule has 0 aliphatic heterocycles. The van der Waals surface area contributed by atoms with Crippen LogP contribution < -0.4 is 0 Å². The highest BCUT2D eigenvalue weighted by Crippen LogP contribution is 2.26. The molecule has 0 aliphatic rings. The zero-order valence-electron chi connectivity index (χ0n) is 7.76. The predicted molar refractivity (Wildman–Crippen MR) is 54.3 cm³/mol. The number of nitrogens with zero attached hydrogens (tertiary/aromatic N) is 2. The van der Waals surface area contributed by atoms with Crippen LogP contribution in [0.4, 0.5) is 10.1 Å². The van der Waals surface area contributed by atoms with Crippen molar-refractivity contribution >= 4 is 23.3 Å². The summed E-state index contributed by atoms with van der Waals surface area (Å²) < 4.78 is 12.6. The molecule has 84 valence electrons. The summed E-state index contributed by atoms with van der Waals surface area (Å²) in [6.45, 7) is 0. The van der Waals surface area contributed by atoms with E-state index in [1.807, 2.05) is 0 Å². The topological polar surface area (TPSA) is 82.2 Å². The average molecular weight is 245 g/mol. The number of carbonyl (C=O) groups is 1. The molecule has 0 radical (unpaired) electrons. The van der Waals surface area contributed by atoms with Crippen LogP contribution in [0.15, 0.2) is 40.4 Å². The second-order valence-corrected chi connectivity index (χ2v) is 3.02. The third kappa shape index (κ3) is 3.03. The average Bonchev–Trinajstić information content (AvgIpc) is 2.21. The fourth-order valence-corrected chi connectivity index (χ4v) is 0.999. The van der Waals surface area contributed by atoms with Gasteiger partial charge in [0.05, 0.1) is 5.02 Å². The summed E-state index contributed by atoms with van der Waals surface area (Å²) in [5, 5.41) is 23.7. The highest BCUT2D eigenvalue weighted by Gasteiger charge is 2.06. The van der Waals surface area contributed by atoms with Gasteiger partial charge in [-0.1, -0.05) is 11.6 Å². The smallest absolute Gasteiger partial charge is 0.359 e. The molecule has 1 rings (SSSR count). The first-order chi connectivity index (χ1) is 7.54. The first kappa shape index (κ1) is 12.1. The number of aliphatic hydroxyl groups excluding tert-OH is 1. The standard InChI is InChI=1S/C9H6ClFN2O3/c10-6-3-5(11)1-2-7(6)12-13-8(4-14)9(15)16/h1-4,14H,(H,15,16). The lowest BCUT2D eigenvalue weighted by molar-refractivity contribution is -0.132. The Labute approximate surface area is 94.5 Å². The lowest BCUT2D eigenvalue weighted by atomic mass is 10.3. The van der Waals surface area contributed by atoms with Gasteiger partial charge in [0.1, 0.15) is 17.8 Å². The van der Waals surface area contributed by atoms with Gasteiger partial charge in [-0.25, -0.2) is 9.18 Å². The lowest BCUT2D eigenvalue weighted by Crippen LogP contribution is -1.96. The van der Waals surface area contributed by atoms with Crippen LogP contribution in [0.2, 0.25) is 5.02 Å². The molecule has 0 amide bonds. The number of carboxylic acids is 1. The van der Waals surface area contributed by atoms with Crippen LogP contribution >= 0.6 is 11.6 Å². The van der Waals surface area contributed by atoms with Gasteiger partial charge in [0.15, 0.2) is 0 Å². The second-order valence-electron chi connectivity index (χ2n) is 2.62. The van der Waals surface area contributed by atoms with Gasteiger partial charge in [0, 0.05) is 0 Å². The van der Waals surface area contributed by atoms with E-state index in [1.54, 1.807) is 0 Å². The minimum atomic E-state index is -1.44. The van der Waals surface area contributed by atoms with Gasteiger partial charge in [-0.2, -0.15) is 0 Å². The van der Waals surface area contributed by atoms with E-state index >= 15 is 0 Å². The van der Waals surface area contributed by atoms with Crippen molar-refractivity contribution in [2.75, 3.05) is 0 Å². The minimum absolute atomic E-state index is 0.00794. The number of rotatable bonds is 3. The quantitative estimate of drug-likeness (QED) is 0.487. The van der Waals surface area contributed by atoms with Crippen molar-refractivity contribution in [3.63, 3.8) is 0 Å². The summed E-state index contributed by atoms with van der Waals surface area (Å²) in [6.07, 6.45) is 0.295. The van der Waals surface area contributed by atoms with Gasteiger partial charge in [0.2, 0.25) is 5.70 Å². The minimum Gasteiger partial charge on any atom is -0.513 e. The number of aliphatic carboxylic acids is 1. The van der Waals surface area contributed by atoms with Crippen molar-refractivity contribution in [1.82, 2.24) is 0 Å². The fraction of sp³-hybridized carbons (Fsp3) is 0. The Morgan fingerprint density at radius 2 is 2.19 bits per heavy atom. The summed E-state index contributed by atoms with van der Waals surface area (Å²) in [5.41, 5.74) is -0.552. The Kier molecular flexibility index (Phi) is 3.96. The van der Waals surface area contributed by atoms with Crippen LogP contribution in [0.1, 0.15) is 0 Å². The normalized spacial score (nSPS) is 12.0. The van der Waals surface area contributed by atoms with Gasteiger partial charge in [0.25, 0.3) is 0 Å². The molecule has 7 heteroatoms. The Morgan fingerprint density at radius 1 is 1.50 bits per heavy atom. The van der Waals surface area contributed by atoms with Crippen LogP contribution in [-0.2, 0) is 4.79 Å². The molecule has 0 aliphatic carbocycles. The summed E-state index contributed by atoms with van der Waals surface area (Å²) in [5.74, 6) is -1.98. The zero-order valence-corrected chi connectivity index (χ0v) is 8.52. The van der Waals surface area contributed by atoms with Crippen molar-refractivity contribution in [3.05, 3.63) is 41.0 Å². The highest BCUT2D eigenvalue weighted by molar-refractivity contribution is 6.32. The monoisotopic (exact) mass is 244 g/mol. The summed E-state index contributed by atoms with van der Waals surface area (Å²) in [4.78, 5) is 10.4. The number of hydrogen-bond acceptors (Lipinski definition) is 4. The molecular weight excluding hydrogens is 239 g/mol. The second kappa shape index (κ2) is 5.22. The van der Waals surface area contributed by atoms with Crippen molar-refractivity contribution in [3.8, 4) is 0 Å². The Balaban J connectivity index is 2.96. The van der Waals surface area contributed by atoms with E-state index in [4.69, 9.17) is 21.8 Å². The molecule has 0 aromatic heterocycles. The Morgan fingerprint density at radius 3 is 2.69 bits per heavy atom. The number of aliphatic hydroxyl groups is 1. The van der Waals surface area contributed by atoms with Crippen molar-refractivity contribution in [2.45, 2.75) is 0 Å². The lowest BCUT2D eigenvalue weighted by Gasteiger charge is -1.96. The highest BCUT2D eigenvalue weighted by atomic mass is 35.5. The number of carboxylic acid groups (broad SMARTS) is 1. The third-order valence-electron chi connectivity index (χ3n) is 1.52. The number of benzene rings is 1. The number of halogens is 2. The molecule has 0 saturated carbocycles. The molecule has 16 heavy (non-hydrogen) atoms. The Hall–Kier alpha value is -1.95. The third-order valence-corrected chi connectivity index (χ3v) is 1.82. The molecule has 2 N–H and O–H groups in total. The molecule has 5 nitrogen and oxygen atoms in total. The summed E-state index contributed by atoms with van der Waals surface area (Å²) in [7, 11) is 0. The van der Waals surface area contributed by atoms with E-state index in [-0.39, 0.29) is 10.7 Å². The van der Waals surface area contributed by atoms with Crippen LogP contribution in [0.3, 0.4) is 0 Å². The maximum Gasteiger partial charge on any atom is 0.359 e. The van der Waals surface area contributed by atoms with Crippen LogP contribution in [0.25, 0.3) is 0 Å². The van der Waals surface area contributed by atoms with Crippen molar-refractivity contribution in [2.24, 2.45) is 10.2 Å². The van der Waals surface area contributed by atoms with Crippen LogP contribution in [0, 0.1) is 5.82 Å². The molecule has 0 bridgehead atoms. The van der Waals surface area contributed by atoms with Crippen molar-refractivity contribution in [1.29, 1.82) is 0 Å². The number of azo groups is 1. The van der Waals surface area contributed by atoms with Gasteiger partial charge in [-0.05, 0) is 18.2 Å². The van der Waals surface area contributed by atoms with Gasteiger partial charge in [-0.3, -0.25) is 0 Å². The molecule has 0 atom stereocenters. The predicted octanol–water partition coefficient (Wildman–Crippen LogP) is 3.05. The molecule has 1 aromatic carbocycles. The summed E-state index contributed by atoms with van der Waals surface area (Å²) in [6, 6.07) is 3.35. The fourth-order valence-electron chi connectivity index (χ4n) is 0.794. The van der Waals surface area contributed by atoms with Crippen LogP contribution in [0.5, 0.6) is 0 Å². The largest absolute Gasteiger partial charge is 0.513 e. The molecule has 0 saturated heterocycles. The van der Waals surface area contributed by atoms with Gasteiger partial charge in [-0.15, -0.1) is 10.2 Å². The molecule has 0 heterocycles. The number of hydrogen-bond donors (Lipinski definition) is 2. The first-order valence-electron chi connectivity index (χ1n) is 3.99. The summed E-state index contributed by atoms with van der Waals surface area (Å²) >= 11 is 5.61. The van der Waals surface area contributed by atoms with E-state index < -0.39 is 17.5 Å². The van der Waals surface area contributed by atoms with E-state index in [1.165, 1.54) is 6.07 Å². The van der Waals surface area contributed by atoms with Gasteiger partial charge < -0.3 is 10.2 Å². The maximum absolute atomic E-state index is 12.6. The van der Waals surface area contributed by atoms with E-state index in [0.29, 0.717) is 6.26 Å². The SMILES string of the molecule is O=C(O)C(=CO)N=Nc1ccc(F)cc1Cl. The molecule has 1 aromatic rings. The zero-order chi connectivity index (χ0) is 12.1. The van der Waals surface area contributed by atoms with Gasteiger partial charge >= 0.3 is 5.97 Å². The maximum atomic E-state index is 12.6. The first-order valence-corrected chi connectivity index (χ1v) is 4.37.